The summed E-state index contributed by atoms with van der Waals surface area (Å²) in [5.74, 6) is 0. The zero-order chi connectivity index (χ0) is 12.4. The highest BCUT2D eigenvalue weighted by molar-refractivity contribution is 5.39. The number of hydrogen-bond donors (Lipinski definition) is 1. The average Bonchev–Trinajstić information content (AvgIpc) is 2.85. The quantitative estimate of drug-likeness (QED) is 0.816. The van der Waals surface area contributed by atoms with Crippen molar-refractivity contribution in [3.63, 3.8) is 0 Å². The molecule has 2 heterocycles. The summed E-state index contributed by atoms with van der Waals surface area (Å²) in [6.07, 6.45) is 4.66. The Morgan fingerprint density at radius 3 is 3.06 bits per heavy atom. The molecule has 94 valence electrons. The molecule has 1 unspecified atom stereocenters. The van der Waals surface area contributed by atoms with Gasteiger partial charge in [0.05, 0.1) is 24.3 Å². The molecule has 2 aliphatic rings. The second-order valence-corrected chi connectivity index (χ2v) is 5.16. The lowest BCUT2D eigenvalue weighted by Gasteiger charge is -2.22. The molecule has 0 spiro atoms. The van der Waals surface area contributed by atoms with Gasteiger partial charge in [0.25, 0.3) is 0 Å². The van der Waals surface area contributed by atoms with E-state index in [9.17, 15) is 0 Å². The second kappa shape index (κ2) is 5.09. The van der Waals surface area contributed by atoms with Crippen LogP contribution in [0, 0.1) is 11.3 Å². The Bertz CT molecular complexity index is 472. The van der Waals surface area contributed by atoms with E-state index < -0.39 is 0 Å². The van der Waals surface area contributed by atoms with Crippen LogP contribution in [-0.2, 0) is 17.6 Å². The van der Waals surface area contributed by atoms with Crippen LogP contribution in [0.4, 0.5) is 0 Å². The van der Waals surface area contributed by atoms with Crippen molar-refractivity contribution in [1.29, 1.82) is 5.26 Å². The predicted octanol–water partition coefficient (Wildman–Crippen LogP) is 1.79. The van der Waals surface area contributed by atoms with Crippen LogP contribution < -0.4 is 5.32 Å². The van der Waals surface area contributed by atoms with Crippen molar-refractivity contribution in [2.75, 3.05) is 13.2 Å². The van der Waals surface area contributed by atoms with Crippen molar-refractivity contribution >= 4 is 0 Å². The molecule has 1 fully saturated rings. The molecule has 0 saturated carbocycles. The Hall–Kier alpha value is -1.37. The molecule has 1 saturated heterocycles. The van der Waals surface area contributed by atoms with E-state index in [0.29, 0.717) is 12.1 Å². The molecule has 2 atom stereocenters. The van der Waals surface area contributed by atoms with Gasteiger partial charge in [-0.3, -0.25) is 0 Å². The summed E-state index contributed by atoms with van der Waals surface area (Å²) >= 11 is 0. The van der Waals surface area contributed by atoms with Crippen LogP contribution in [0.5, 0.6) is 0 Å². The zero-order valence-corrected chi connectivity index (χ0v) is 10.5. The molecular formula is C15H18N2O. The molecule has 0 bridgehead atoms. The topological polar surface area (TPSA) is 45.0 Å². The van der Waals surface area contributed by atoms with E-state index >= 15 is 0 Å². The fraction of sp³-hybridized carbons (Fsp3) is 0.533. The minimum Gasteiger partial charge on any atom is -0.376 e. The van der Waals surface area contributed by atoms with Gasteiger partial charge < -0.3 is 10.1 Å². The van der Waals surface area contributed by atoms with Crippen LogP contribution in [0.3, 0.4) is 0 Å². The maximum absolute atomic E-state index is 8.94. The smallest absolute Gasteiger partial charge is 0.0991 e. The lowest BCUT2D eigenvalue weighted by molar-refractivity contribution is 0.0380. The van der Waals surface area contributed by atoms with Crippen LogP contribution in [-0.4, -0.2) is 25.3 Å². The average molecular weight is 242 g/mol. The number of ether oxygens (including phenoxy) is 1. The molecule has 0 amide bonds. The highest BCUT2D eigenvalue weighted by Crippen LogP contribution is 2.23. The molecule has 3 heteroatoms. The van der Waals surface area contributed by atoms with Crippen LogP contribution in [0.25, 0.3) is 0 Å². The fourth-order valence-corrected chi connectivity index (χ4v) is 3.01. The number of nitrogens with one attached hydrogen (secondary N) is 1. The van der Waals surface area contributed by atoms with Crippen molar-refractivity contribution in [2.45, 2.75) is 37.8 Å². The molecule has 1 aromatic carbocycles. The van der Waals surface area contributed by atoms with Crippen LogP contribution >= 0.6 is 0 Å². The molecule has 1 N–H and O–H groups in total. The van der Waals surface area contributed by atoms with Gasteiger partial charge in [-0.15, -0.1) is 0 Å². The maximum atomic E-state index is 8.94. The first-order valence-electron chi connectivity index (χ1n) is 6.74. The summed E-state index contributed by atoms with van der Waals surface area (Å²) in [6.45, 7) is 1.88. The van der Waals surface area contributed by atoms with Gasteiger partial charge in [-0.1, -0.05) is 6.07 Å². The lowest BCUT2D eigenvalue weighted by Crippen LogP contribution is -2.38. The third-order valence-electron chi connectivity index (χ3n) is 4.01. The Kier molecular flexibility index (Phi) is 3.31. The summed E-state index contributed by atoms with van der Waals surface area (Å²) in [6, 6.07) is 8.76. The van der Waals surface area contributed by atoms with Gasteiger partial charge in [-0.2, -0.15) is 5.26 Å². The van der Waals surface area contributed by atoms with Gasteiger partial charge in [0.15, 0.2) is 0 Å². The van der Waals surface area contributed by atoms with Crippen LogP contribution in [0.2, 0.25) is 0 Å². The monoisotopic (exact) mass is 242 g/mol. The molecule has 0 aliphatic carbocycles. The minimum absolute atomic E-state index is 0.293. The van der Waals surface area contributed by atoms with Gasteiger partial charge in [0.1, 0.15) is 0 Å². The Balaban J connectivity index is 1.82. The van der Waals surface area contributed by atoms with Crippen LogP contribution in [0.1, 0.15) is 29.5 Å². The van der Waals surface area contributed by atoms with Gasteiger partial charge in [-0.05, 0) is 49.1 Å². The summed E-state index contributed by atoms with van der Waals surface area (Å²) in [7, 11) is 0. The number of hydrogen-bond acceptors (Lipinski definition) is 3. The van der Waals surface area contributed by atoms with E-state index in [0.717, 1.165) is 31.6 Å². The highest BCUT2D eigenvalue weighted by Gasteiger charge is 2.27. The fourth-order valence-electron chi connectivity index (χ4n) is 3.01. The largest absolute Gasteiger partial charge is 0.376 e. The summed E-state index contributed by atoms with van der Waals surface area (Å²) in [5, 5.41) is 12.5. The SMILES string of the molecule is N#Cc1ccc2c(c1)CCO[C@@H](C1CCCN1)C2. The minimum atomic E-state index is 0.293. The Morgan fingerprint density at radius 1 is 1.33 bits per heavy atom. The van der Waals surface area contributed by atoms with Crippen molar-refractivity contribution in [3.8, 4) is 6.07 Å². The van der Waals surface area contributed by atoms with Crippen molar-refractivity contribution in [1.82, 2.24) is 5.32 Å². The molecule has 18 heavy (non-hydrogen) atoms. The van der Waals surface area contributed by atoms with E-state index in [4.69, 9.17) is 10.00 Å². The second-order valence-electron chi connectivity index (χ2n) is 5.16. The summed E-state index contributed by atoms with van der Waals surface area (Å²) < 4.78 is 6.00. The van der Waals surface area contributed by atoms with Crippen molar-refractivity contribution < 1.29 is 4.74 Å². The zero-order valence-electron chi connectivity index (χ0n) is 10.5. The van der Waals surface area contributed by atoms with Gasteiger partial charge in [0, 0.05) is 12.5 Å². The number of rotatable bonds is 1. The van der Waals surface area contributed by atoms with E-state index in [1.54, 1.807) is 0 Å². The van der Waals surface area contributed by atoms with Crippen molar-refractivity contribution in [3.05, 3.63) is 34.9 Å². The van der Waals surface area contributed by atoms with Gasteiger partial charge in [-0.25, -0.2) is 0 Å². The third kappa shape index (κ3) is 2.27. The van der Waals surface area contributed by atoms with E-state index in [1.165, 1.54) is 24.0 Å². The third-order valence-corrected chi connectivity index (χ3v) is 4.01. The standard InChI is InChI=1S/C15H18N2O/c16-10-11-3-4-12-9-15(14-2-1-6-17-14)18-7-5-13(12)8-11/h3-4,8,14-15,17H,1-2,5-7,9H2/t14?,15-/m1/s1. The summed E-state index contributed by atoms with van der Waals surface area (Å²) in [5.41, 5.74) is 3.39. The molecule has 3 nitrogen and oxygen atoms in total. The van der Waals surface area contributed by atoms with Crippen LogP contribution in [0.15, 0.2) is 18.2 Å². The van der Waals surface area contributed by atoms with Crippen molar-refractivity contribution in [2.24, 2.45) is 0 Å². The molecule has 3 rings (SSSR count). The predicted molar refractivity (Wildman–Crippen MR) is 69.3 cm³/mol. The Labute approximate surface area is 108 Å². The number of fused-ring (bicyclic) bond motifs is 1. The number of nitrogens with zero attached hydrogens (tertiary/aromatic N) is 1. The first kappa shape index (κ1) is 11.7. The van der Waals surface area contributed by atoms with E-state index in [1.807, 2.05) is 12.1 Å². The van der Waals surface area contributed by atoms with E-state index in [-0.39, 0.29) is 0 Å². The molecular weight excluding hydrogens is 224 g/mol. The first-order chi connectivity index (χ1) is 8.86. The molecule has 2 aliphatic heterocycles. The maximum Gasteiger partial charge on any atom is 0.0991 e. The first-order valence-corrected chi connectivity index (χ1v) is 6.74. The molecule has 0 radical (unpaired) electrons. The molecule has 1 aromatic rings. The summed E-state index contributed by atoms with van der Waals surface area (Å²) in [4.78, 5) is 0. The molecule has 0 aromatic heterocycles. The van der Waals surface area contributed by atoms with Gasteiger partial charge in [0.2, 0.25) is 0 Å². The normalized spacial score (nSPS) is 27.3. The lowest BCUT2D eigenvalue weighted by atomic mass is 9.96. The van der Waals surface area contributed by atoms with E-state index in [2.05, 4.69) is 17.5 Å². The van der Waals surface area contributed by atoms with Gasteiger partial charge >= 0.3 is 0 Å². The number of benzene rings is 1. The number of nitriles is 1. The Morgan fingerprint density at radius 2 is 2.28 bits per heavy atom. The highest BCUT2D eigenvalue weighted by atomic mass is 16.5.